The van der Waals surface area contributed by atoms with Crippen LogP contribution in [0.2, 0.25) is 0 Å². The molecule has 0 aromatic carbocycles. The van der Waals surface area contributed by atoms with Gasteiger partial charge in [0.1, 0.15) is 5.60 Å². The largest absolute Gasteiger partial charge is 0.444 e. The van der Waals surface area contributed by atoms with E-state index in [0.717, 1.165) is 19.3 Å². The number of likely N-dealkylation sites (tertiary alicyclic amines) is 1. The molecule has 1 heterocycles. The highest BCUT2D eigenvalue weighted by molar-refractivity contribution is 5.68. The molecule has 2 aliphatic rings. The molecule has 1 saturated heterocycles. The molecule has 0 radical (unpaired) electrons. The predicted molar refractivity (Wildman–Crippen MR) is 90.3 cm³/mol. The number of amides is 1. The lowest BCUT2D eigenvalue weighted by Crippen LogP contribution is -2.39. The average Bonchev–Trinajstić information content (AvgIpc) is 2.94. The lowest BCUT2D eigenvalue weighted by Gasteiger charge is -2.31. The van der Waals surface area contributed by atoms with E-state index in [9.17, 15) is 18.0 Å². The first-order valence-electron chi connectivity index (χ1n) is 9.32. The fraction of sp³-hybridized carbons (Fsp3) is 0.944. The molecule has 0 bridgehead atoms. The van der Waals surface area contributed by atoms with Crippen LogP contribution in [-0.4, -0.2) is 48.4 Å². The molecule has 4 nitrogen and oxygen atoms in total. The zero-order valence-electron chi connectivity index (χ0n) is 15.5. The maximum Gasteiger partial charge on any atom is 0.410 e. The van der Waals surface area contributed by atoms with Gasteiger partial charge in [0.25, 0.3) is 0 Å². The maximum absolute atomic E-state index is 12.8. The third-order valence-corrected chi connectivity index (χ3v) is 5.06. The van der Waals surface area contributed by atoms with Gasteiger partial charge in [-0.25, -0.2) is 4.79 Å². The van der Waals surface area contributed by atoms with E-state index >= 15 is 0 Å². The molecule has 25 heavy (non-hydrogen) atoms. The molecule has 1 aliphatic heterocycles. The number of ether oxygens (including phenoxy) is 1. The number of carbonyl (C=O) groups is 1. The van der Waals surface area contributed by atoms with E-state index in [1.54, 1.807) is 4.90 Å². The van der Waals surface area contributed by atoms with Gasteiger partial charge in [0.15, 0.2) is 0 Å². The molecule has 0 spiro atoms. The van der Waals surface area contributed by atoms with E-state index < -0.39 is 17.7 Å². The third kappa shape index (κ3) is 6.68. The highest BCUT2D eigenvalue weighted by atomic mass is 19.4. The lowest BCUT2D eigenvalue weighted by atomic mass is 9.85. The molecule has 1 aliphatic carbocycles. The first-order valence-corrected chi connectivity index (χ1v) is 9.32. The van der Waals surface area contributed by atoms with Crippen LogP contribution < -0.4 is 5.32 Å². The zero-order chi connectivity index (χ0) is 18.7. The Morgan fingerprint density at radius 2 is 1.92 bits per heavy atom. The third-order valence-electron chi connectivity index (χ3n) is 5.06. The van der Waals surface area contributed by atoms with Crippen LogP contribution in [0.25, 0.3) is 0 Å². The van der Waals surface area contributed by atoms with Crippen LogP contribution in [0, 0.1) is 11.8 Å². The van der Waals surface area contributed by atoms with Gasteiger partial charge in [0.05, 0.1) is 5.92 Å². The standard InChI is InChI=1S/C18H31F3N2O2/c1-17(2,3)25-16(24)23-10-8-13(12-23)7-9-22-15-6-4-5-14(11-15)18(19,20)21/h13-15,22H,4-12H2,1-3H3. The predicted octanol–water partition coefficient (Wildman–Crippen LogP) is 4.34. The number of carbonyl (C=O) groups excluding carboxylic acids is 1. The average molecular weight is 364 g/mol. The molecule has 146 valence electrons. The van der Waals surface area contributed by atoms with Crippen LogP contribution in [-0.2, 0) is 4.74 Å². The van der Waals surface area contributed by atoms with E-state index in [4.69, 9.17) is 4.74 Å². The Labute approximate surface area is 148 Å². The van der Waals surface area contributed by atoms with Crippen LogP contribution in [0.1, 0.15) is 59.3 Å². The van der Waals surface area contributed by atoms with Crippen molar-refractivity contribution in [1.82, 2.24) is 10.2 Å². The van der Waals surface area contributed by atoms with Crippen molar-refractivity contribution >= 4 is 6.09 Å². The highest BCUT2D eigenvalue weighted by Gasteiger charge is 2.42. The molecular formula is C18H31F3N2O2. The van der Waals surface area contributed by atoms with E-state index in [0.29, 0.717) is 32.0 Å². The van der Waals surface area contributed by atoms with Crippen LogP contribution in [0.15, 0.2) is 0 Å². The minimum Gasteiger partial charge on any atom is -0.444 e. The molecule has 7 heteroatoms. The number of hydrogen-bond donors (Lipinski definition) is 1. The molecule has 2 rings (SSSR count). The molecule has 1 N–H and O–H groups in total. The maximum atomic E-state index is 12.8. The van der Waals surface area contributed by atoms with Gasteiger partial charge in [-0.1, -0.05) is 6.42 Å². The van der Waals surface area contributed by atoms with Gasteiger partial charge in [-0.3, -0.25) is 0 Å². The van der Waals surface area contributed by atoms with Gasteiger partial charge in [-0.05, 0) is 65.3 Å². The Morgan fingerprint density at radius 3 is 2.56 bits per heavy atom. The second-order valence-electron chi connectivity index (χ2n) is 8.43. The van der Waals surface area contributed by atoms with Crippen molar-refractivity contribution in [2.24, 2.45) is 11.8 Å². The fourth-order valence-corrected chi connectivity index (χ4v) is 3.72. The fourth-order valence-electron chi connectivity index (χ4n) is 3.72. The number of halogens is 3. The minimum absolute atomic E-state index is 0.0382. The van der Waals surface area contributed by atoms with Crippen LogP contribution in [0.5, 0.6) is 0 Å². The number of nitrogens with zero attached hydrogens (tertiary/aromatic N) is 1. The Morgan fingerprint density at radius 1 is 1.20 bits per heavy atom. The van der Waals surface area contributed by atoms with Crippen molar-refractivity contribution < 1.29 is 22.7 Å². The molecule has 2 fully saturated rings. The van der Waals surface area contributed by atoms with Crippen LogP contribution >= 0.6 is 0 Å². The summed E-state index contributed by atoms with van der Waals surface area (Å²) in [4.78, 5) is 13.8. The van der Waals surface area contributed by atoms with Gasteiger partial charge in [-0.15, -0.1) is 0 Å². The Bertz CT molecular complexity index is 449. The van der Waals surface area contributed by atoms with Gasteiger partial charge in [0, 0.05) is 19.1 Å². The monoisotopic (exact) mass is 364 g/mol. The molecule has 0 aromatic heterocycles. The normalized spacial score (nSPS) is 28.2. The van der Waals surface area contributed by atoms with Crippen molar-refractivity contribution in [3.05, 3.63) is 0 Å². The summed E-state index contributed by atoms with van der Waals surface area (Å²) >= 11 is 0. The van der Waals surface area contributed by atoms with Gasteiger partial charge < -0.3 is 15.0 Å². The van der Waals surface area contributed by atoms with Crippen molar-refractivity contribution in [3.63, 3.8) is 0 Å². The SMILES string of the molecule is CC(C)(C)OC(=O)N1CCC(CCNC2CCCC(C(F)(F)F)C2)C1. The minimum atomic E-state index is -4.07. The van der Waals surface area contributed by atoms with Crippen molar-refractivity contribution in [2.75, 3.05) is 19.6 Å². The Kier molecular flexibility index (Phi) is 6.62. The summed E-state index contributed by atoms with van der Waals surface area (Å²) in [6.07, 6.45) is -0.627. The Hall–Kier alpha value is -0.980. The summed E-state index contributed by atoms with van der Waals surface area (Å²) in [5, 5.41) is 3.30. The molecule has 0 aromatic rings. The summed E-state index contributed by atoms with van der Waals surface area (Å²) in [5.41, 5.74) is -0.493. The van der Waals surface area contributed by atoms with Crippen LogP contribution in [0.3, 0.4) is 0 Å². The van der Waals surface area contributed by atoms with E-state index in [1.165, 1.54) is 0 Å². The first kappa shape index (κ1) is 20.3. The van der Waals surface area contributed by atoms with Crippen molar-refractivity contribution in [2.45, 2.75) is 77.1 Å². The smallest absolute Gasteiger partial charge is 0.410 e. The second-order valence-corrected chi connectivity index (χ2v) is 8.43. The van der Waals surface area contributed by atoms with E-state index in [2.05, 4.69) is 5.32 Å². The molecule has 1 saturated carbocycles. The zero-order valence-corrected chi connectivity index (χ0v) is 15.5. The van der Waals surface area contributed by atoms with Gasteiger partial charge >= 0.3 is 12.3 Å². The summed E-state index contributed by atoms with van der Waals surface area (Å²) < 4.78 is 43.9. The highest BCUT2D eigenvalue weighted by Crippen LogP contribution is 2.37. The number of alkyl halides is 3. The van der Waals surface area contributed by atoms with Gasteiger partial charge in [0.2, 0.25) is 0 Å². The molecular weight excluding hydrogens is 333 g/mol. The van der Waals surface area contributed by atoms with Crippen LogP contribution in [0.4, 0.5) is 18.0 Å². The summed E-state index contributed by atoms with van der Waals surface area (Å²) in [5.74, 6) is -0.769. The lowest BCUT2D eigenvalue weighted by molar-refractivity contribution is -0.183. The second kappa shape index (κ2) is 8.14. The summed E-state index contributed by atoms with van der Waals surface area (Å²) in [6, 6.07) is -0.0382. The van der Waals surface area contributed by atoms with Gasteiger partial charge in [-0.2, -0.15) is 13.2 Å². The van der Waals surface area contributed by atoms with E-state index in [-0.39, 0.29) is 25.0 Å². The first-order chi connectivity index (χ1) is 11.5. The number of rotatable bonds is 4. The quantitative estimate of drug-likeness (QED) is 0.807. The topological polar surface area (TPSA) is 41.6 Å². The summed E-state index contributed by atoms with van der Waals surface area (Å²) in [7, 11) is 0. The van der Waals surface area contributed by atoms with Crippen molar-refractivity contribution in [1.29, 1.82) is 0 Å². The Balaban J connectivity index is 1.67. The van der Waals surface area contributed by atoms with Crippen molar-refractivity contribution in [3.8, 4) is 0 Å². The molecule has 3 unspecified atom stereocenters. The number of hydrogen-bond acceptors (Lipinski definition) is 3. The molecule has 1 amide bonds. The van der Waals surface area contributed by atoms with E-state index in [1.807, 2.05) is 20.8 Å². The number of nitrogens with one attached hydrogen (secondary N) is 1. The summed E-state index contributed by atoms with van der Waals surface area (Å²) in [6.45, 7) is 7.62. The molecule has 3 atom stereocenters.